The summed E-state index contributed by atoms with van der Waals surface area (Å²) in [5.41, 5.74) is 10.8. The van der Waals surface area contributed by atoms with Gasteiger partial charge in [-0.05, 0) is 28.3 Å². The average Bonchev–Trinajstić information content (AvgIpc) is 3.14. The van der Waals surface area contributed by atoms with Crippen molar-refractivity contribution in [2.45, 2.75) is 18.1 Å². The predicted molar refractivity (Wildman–Crippen MR) is 119 cm³/mol. The van der Waals surface area contributed by atoms with Crippen LogP contribution in [0.2, 0.25) is 0 Å². The van der Waals surface area contributed by atoms with Crippen molar-refractivity contribution in [2.24, 2.45) is 0 Å². The third-order valence-corrected chi connectivity index (χ3v) is 5.58. The number of methoxy groups -OCH3 is 1. The molecule has 32 heavy (non-hydrogen) atoms. The molecule has 0 spiro atoms. The fourth-order valence-corrected chi connectivity index (χ4v) is 4.02. The van der Waals surface area contributed by atoms with E-state index in [1.165, 1.54) is 19.4 Å². The highest BCUT2D eigenvalue weighted by Gasteiger charge is 2.29. The van der Waals surface area contributed by atoms with Crippen LogP contribution in [0.4, 0.5) is 10.5 Å². The van der Waals surface area contributed by atoms with Crippen molar-refractivity contribution in [3.8, 4) is 17.0 Å². The Morgan fingerprint density at radius 3 is 2.38 bits per heavy atom. The van der Waals surface area contributed by atoms with Crippen molar-refractivity contribution in [1.29, 1.82) is 0 Å². The fraction of sp³-hybridized carbons (Fsp3) is 0.250. The summed E-state index contributed by atoms with van der Waals surface area (Å²) in [6, 6.07) is 17.6. The first-order chi connectivity index (χ1) is 15.5. The topological polar surface area (TPSA) is 127 Å². The Balaban J connectivity index is 1.36. The van der Waals surface area contributed by atoms with E-state index in [9.17, 15) is 15.0 Å². The first-order valence-electron chi connectivity index (χ1n) is 10.2. The van der Waals surface area contributed by atoms with Crippen molar-refractivity contribution >= 4 is 11.8 Å². The monoisotopic (exact) mass is 435 g/mol. The van der Waals surface area contributed by atoms with Gasteiger partial charge in [0.15, 0.2) is 0 Å². The van der Waals surface area contributed by atoms with Crippen LogP contribution in [-0.2, 0) is 4.74 Å². The number of fused-ring (bicyclic) bond motifs is 3. The summed E-state index contributed by atoms with van der Waals surface area (Å²) >= 11 is 0. The minimum atomic E-state index is -1.35. The maximum atomic E-state index is 12.3. The first kappa shape index (κ1) is 21.6. The number of carbonyl (C=O) groups is 1. The van der Waals surface area contributed by atoms with E-state index in [0.29, 0.717) is 5.69 Å². The number of carbonyl (C=O) groups excluding carboxylic acids is 1. The molecule has 0 radical (unpaired) electrons. The first-order valence-corrected chi connectivity index (χ1v) is 10.2. The standard InChI is InChI=1S/C24H25N3O5/c1-31-23-19(10-14(25)11-26-23)22(29)21(28)12-27-24(30)32-13-20-17-8-4-2-6-15(17)16-7-3-5-9-18(16)20/h2-11,20-22,28-29H,12-13,25H2,1H3,(H,27,30). The van der Waals surface area contributed by atoms with Gasteiger partial charge in [-0.3, -0.25) is 0 Å². The van der Waals surface area contributed by atoms with Crippen LogP contribution in [0.1, 0.15) is 28.7 Å². The van der Waals surface area contributed by atoms with Crippen LogP contribution in [-0.4, -0.2) is 47.7 Å². The zero-order chi connectivity index (χ0) is 22.7. The maximum absolute atomic E-state index is 12.3. The number of nitrogens with one attached hydrogen (secondary N) is 1. The van der Waals surface area contributed by atoms with Gasteiger partial charge in [-0.2, -0.15) is 0 Å². The van der Waals surface area contributed by atoms with E-state index < -0.39 is 18.3 Å². The van der Waals surface area contributed by atoms with E-state index >= 15 is 0 Å². The van der Waals surface area contributed by atoms with E-state index in [1.807, 2.05) is 36.4 Å². The molecule has 8 nitrogen and oxygen atoms in total. The lowest BCUT2D eigenvalue weighted by atomic mass is 9.98. The summed E-state index contributed by atoms with van der Waals surface area (Å²) < 4.78 is 10.5. The summed E-state index contributed by atoms with van der Waals surface area (Å²) in [5, 5.41) is 23.3. The number of benzene rings is 2. The lowest BCUT2D eigenvalue weighted by Gasteiger charge is -2.20. The fourth-order valence-electron chi connectivity index (χ4n) is 4.02. The maximum Gasteiger partial charge on any atom is 0.407 e. The highest BCUT2D eigenvalue weighted by Crippen LogP contribution is 2.44. The van der Waals surface area contributed by atoms with Crippen LogP contribution in [0.15, 0.2) is 60.8 Å². The molecular weight excluding hydrogens is 410 g/mol. The molecule has 8 heteroatoms. The molecule has 1 heterocycles. The van der Waals surface area contributed by atoms with E-state index in [2.05, 4.69) is 22.4 Å². The predicted octanol–water partition coefficient (Wildman–Crippen LogP) is 2.61. The molecule has 1 aliphatic carbocycles. The van der Waals surface area contributed by atoms with Gasteiger partial charge >= 0.3 is 6.09 Å². The SMILES string of the molecule is COc1ncc(N)cc1C(O)C(O)CNC(=O)OCC1c2ccccc2-c2ccccc21. The van der Waals surface area contributed by atoms with Crippen LogP contribution in [0.5, 0.6) is 5.88 Å². The number of alkyl carbamates (subject to hydrolysis) is 1. The molecule has 166 valence electrons. The number of nitrogens with two attached hydrogens (primary N) is 1. The number of anilines is 1. The van der Waals surface area contributed by atoms with E-state index in [4.69, 9.17) is 15.2 Å². The molecule has 0 saturated heterocycles. The molecule has 3 aromatic rings. The lowest BCUT2D eigenvalue weighted by Crippen LogP contribution is -2.36. The van der Waals surface area contributed by atoms with Gasteiger partial charge in [0.1, 0.15) is 18.8 Å². The molecule has 0 bridgehead atoms. The zero-order valence-corrected chi connectivity index (χ0v) is 17.6. The number of nitrogen functional groups attached to an aromatic ring is 1. The van der Waals surface area contributed by atoms with Crippen molar-refractivity contribution in [1.82, 2.24) is 10.3 Å². The van der Waals surface area contributed by atoms with Crippen LogP contribution in [0.3, 0.4) is 0 Å². The number of ether oxygens (including phenoxy) is 2. The van der Waals surface area contributed by atoms with Crippen molar-refractivity contribution < 1.29 is 24.5 Å². The number of aromatic nitrogens is 1. The second-order valence-electron chi connectivity index (χ2n) is 7.59. The normalized spacial score (nSPS) is 14.2. The largest absolute Gasteiger partial charge is 0.481 e. The van der Waals surface area contributed by atoms with Crippen molar-refractivity contribution in [3.63, 3.8) is 0 Å². The molecule has 0 fully saturated rings. The van der Waals surface area contributed by atoms with Gasteiger partial charge in [0.05, 0.1) is 19.0 Å². The van der Waals surface area contributed by atoms with Crippen molar-refractivity contribution in [3.05, 3.63) is 77.5 Å². The number of nitrogens with zero attached hydrogens (tertiary/aromatic N) is 1. The van der Waals surface area contributed by atoms with Gasteiger partial charge in [0.25, 0.3) is 0 Å². The lowest BCUT2D eigenvalue weighted by molar-refractivity contribution is 0.0169. The Bertz CT molecular complexity index is 1070. The number of hydrogen-bond donors (Lipinski definition) is 4. The Morgan fingerprint density at radius 2 is 1.75 bits per heavy atom. The molecule has 5 N–H and O–H groups in total. The summed E-state index contributed by atoms with van der Waals surface area (Å²) in [4.78, 5) is 16.3. The van der Waals surface area contributed by atoms with Gasteiger partial charge in [0, 0.05) is 18.0 Å². The van der Waals surface area contributed by atoms with Gasteiger partial charge in [0.2, 0.25) is 5.88 Å². The minimum absolute atomic E-state index is 0.0636. The highest BCUT2D eigenvalue weighted by molar-refractivity contribution is 5.79. The van der Waals surface area contributed by atoms with Crippen LogP contribution in [0, 0.1) is 0 Å². The Kier molecular flexibility index (Phi) is 6.25. The van der Waals surface area contributed by atoms with Gasteiger partial charge in [-0.15, -0.1) is 0 Å². The number of pyridine rings is 1. The third-order valence-electron chi connectivity index (χ3n) is 5.58. The number of hydrogen-bond acceptors (Lipinski definition) is 7. The summed E-state index contributed by atoms with van der Waals surface area (Å²) in [6.07, 6.45) is -1.96. The molecular formula is C24H25N3O5. The Labute approximate surface area is 185 Å². The molecule has 0 saturated carbocycles. The van der Waals surface area contributed by atoms with Crippen LogP contribution < -0.4 is 15.8 Å². The quantitative estimate of drug-likeness (QED) is 0.449. The summed E-state index contributed by atoms with van der Waals surface area (Å²) in [7, 11) is 1.40. The second kappa shape index (κ2) is 9.25. The van der Waals surface area contributed by atoms with E-state index in [-0.39, 0.29) is 30.5 Å². The summed E-state index contributed by atoms with van der Waals surface area (Å²) in [6.45, 7) is -0.0682. The van der Waals surface area contributed by atoms with Gasteiger partial charge < -0.3 is 30.7 Å². The molecule has 1 aromatic heterocycles. The average molecular weight is 435 g/mol. The van der Waals surface area contributed by atoms with E-state index in [0.717, 1.165) is 22.3 Å². The number of amides is 1. The summed E-state index contributed by atoms with van der Waals surface area (Å²) in [5.74, 6) is 0.0817. The molecule has 0 aliphatic heterocycles. The molecule has 1 aliphatic rings. The third kappa shape index (κ3) is 4.23. The number of rotatable bonds is 7. The number of aliphatic hydroxyl groups excluding tert-OH is 2. The molecule has 1 amide bonds. The molecule has 2 atom stereocenters. The van der Waals surface area contributed by atoms with Crippen LogP contribution in [0.25, 0.3) is 11.1 Å². The van der Waals surface area contributed by atoms with Crippen molar-refractivity contribution in [2.75, 3.05) is 26.0 Å². The molecule has 2 unspecified atom stereocenters. The number of aliphatic hydroxyl groups is 2. The van der Waals surface area contributed by atoms with E-state index in [1.54, 1.807) is 0 Å². The Morgan fingerprint density at radius 1 is 1.12 bits per heavy atom. The minimum Gasteiger partial charge on any atom is -0.481 e. The Hall–Kier alpha value is -3.62. The molecule has 4 rings (SSSR count). The molecule has 2 aromatic carbocycles. The smallest absolute Gasteiger partial charge is 0.407 e. The highest BCUT2D eigenvalue weighted by atomic mass is 16.5. The van der Waals surface area contributed by atoms with Crippen LogP contribution >= 0.6 is 0 Å². The van der Waals surface area contributed by atoms with Gasteiger partial charge in [-0.1, -0.05) is 48.5 Å². The van der Waals surface area contributed by atoms with Gasteiger partial charge in [-0.25, -0.2) is 9.78 Å². The second-order valence-corrected chi connectivity index (χ2v) is 7.59. The zero-order valence-electron chi connectivity index (χ0n) is 17.6.